The summed E-state index contributed by atoms with van der Waals surface area (Å²) in [5.74, 6) is 0. The summed E-state index contributed by atoms with van der Waals surface area (Å²) in [5.41, 5.74) is -2.64. The second kappa shape index (κ2) is 3.38. The van der Waals surface area contributed by atoms with Crippen LogP contribution in [0.3, 0.4) is 0 Å². The smallest absolute Gasteiger partial charge is 0.345 e. The minimum absolute atomic E-state index is 0.332. The fraction of sp³-hybridized carbons (Fsp3) is 0.143. The van der Waals surface area contributed by atoms with Crippen molar-refractivity contribution in [3.8, 4) is 6.07 Å². The third-order valence-corrected chi connectivity index (χ3v) is 1.76. The average Bonchev–Trinajstić information content (AvgIpc) is 2.01. The van der Waals surface area contributed by atoms with E-state index in [1.807, 2.05) is 4.98 Å². The monoisotopic (exact) mass is 220 g/mol. The third kappa shape index (κ3) is 1.90. The number of aromatic amines is 1. The maximum Gasteiger partial charge on any atom is 0.431 e. The van der Waals surface area contributed by atoms with Gasteiger partial charge in [0.2, 0.25) is 5.43 Å². The number of halogens is 3. The Bertz CT molecular complexity index is 457. The summed E-state index contributed by atoms with van der Waals surface area (Å²) >= 11 is 3.57. The molecule has 1 heterocycles. The van der Waals surface area contributed by atoms with Crippen molar-refractivity contribution in [1.82, 2.24) is 4.98 Å². The maximum atomic E-state index is 12.1. The summed E-state index contributed by atoms with van der Waals surface area (Å²) in [6, 6.07) is 1.79. The van der Waals surface area contributed by atoms with Gasteiger partial charge in [0.15, 0.2) is 0 Å². The van der Waals surface area contributed by atoms with Crippen molar-refractivity contribution < 1.29 is 13.2 Å². The van der Waals surface area contributed by atoms with E-state index in [0.29, 0.717) is 6.07 Å². The molecule has 0 bridgehead atoms. The first kappa shape index (κ1) is 10.7. The molecule has 0 aliphatic heterocycles. The number of nitrogens with zero attached hydrogens (tertiary/aromatic N) is 1. The van der Waals surface area contributed by atoms with Gasteiger partial charge in [0.25, 0.3) is 0 Å². The SMILES string of the molecule is N#Cc1c(S)[nH]c(C(F)(F)F)cc1=O. The number of pyridine rings is 1. The largest absolute Gasteiger partial charge is 0.431 e. The molecular formula is C7H3F3N2OS. The molecule has 0 aliphatic carbocycles. The van der Waals surface area contributed by atoms with Gasteiger partial charge in [0, 0.05) is 6.07 Å². The van der Waals surface area contributed by atoms with E-state index in [9.17, 15) is 18.0 Å². The van der Waals surface area contributed by atoms with Gasteiger partial charge in [-0.1, -0.05) is 0 Å². The first-order chi connectivity index (χ1) is 6.36. The fourth-order valence-corrected chi connectivity index (χ4v) is 1.09. The van der Waals surface area contributed by atoms with Gasteiger partial charge in [-0.15, -0.1) is 12.6 Å². The van der Waals surface area contributed by atoms with Crippen LogP contribution in [0.2, 0.25) is 0 Å². The molecule has 0 spiro atoms. The molecule has 0 unspecified atom stereocenters. The number of rotatable bonds is 0. The number of nitriles is 1. The van der Waals surface area contributed by atoms with E-state index in [1.54, 1.807) is 0 Å². The standard InChI is InChI=1S/C7H3F3N2OS/c8-7(9,10)5-1-4(13)3(2-11)6(14)12-5/h1H,(H2,12,13,14). The van der Waals surface area contributed by atoms with Crippen LogP contribution in [0.25, 0.3) is 0 Å². The Morgan fingerprint density at radius 2 is 2.07 bits per heavy atom. The van der Waals surface area contributed by atoms with Crippen LogP contribution in [0.1, 0.15) is 11.3 Å². The minimum Gasteiger partial charge on any atom is -0.345 e. The second-order valence-electron chi connectivity index (χ2n) is 2.38. The quantitative estimate of drug-likeness (QED) is 0.652. The molecule has 7 heteroatoms. The maximum absolute atomic E-state index is 12.1. The van der Waals surface area contributed by atoms with Gasteiger partial charge in [0.05, 0.1) is 5.03 Å². The van der Waals surface area contributed by atoms with Gasteiger partial charge < -0.3 is 4.98 Å². The zero-order valence-electron chi connectivity index (χ0n) is 6.51. The first-order valence-electron chi connectivity index (χ1n) is 3.30. The van der Waals surface area contributed by atoms with E-state index in [1.165, 1.54) is 6.07 Å². The third-order valence-electron chi connectivity index (χ3n) is 1.43. The second-order valence-corrected chi connectivity index (χ2v) is 2.83. The summed E-state index contributed by atoms with van der Waals surface area (Å²) in [4.78, 5) is 12.8. The number of thiol groups is 1. The Hall–Kier alpha value is -1.42. The van der Waals surface area contributed by atoms with Crippen LogP contribution >= 0.6 is 12.6 Å². The van der Waals surface area contributed by atoms with Gasteiger partial charge in [-0.25, -0.2) is 0 Å². The van der Waals surface area contributed by atoms with Gasteiger partial charge in [0.1, 0.15) is 17.3 Å². The van der Waals surface area contributed by atoms with Crippen LogP contribution in [-0.2, 0) is 6.18 Å². The lowest BCUT2D eigenvalue weighted by Gasteiger charge is -2.07. The van der Waals surface area contributed by atoms with Gasteiger partial charge >= 0.3 is 6.18 Å². The summed E-state index contributed by atoms with van der Waals surface area (Å²) < 4.78 is 36.3. The lowest BCUT2D eigenvalue weighted by molar-refractivity contribution is -0.141. The molecule has 0 aromatic carbocycles. The lowest BCUT2D eigenvalue weighted by Crippen LogP contribution is -2.16. The number of H-pyrrole nitrogens is 1. The van der Waals surface area contributed by atoms with Crippen LogP contribution in [0, 0.1) is 11.3 Å². The van der Waals surface area contributed by atoms with Crippen molar-refractivity contribution in [3.63, 3.8) is 0 Å². The van der Waals surface area contributed by atoms with Crippen LogP contribution in [0.15, 0.2) is 15.9 Å². The highest BCUT2D eigenvalue weighted by molar-refractivity contribution is 7.80. The molecule has 74 valence electrons. The van der Waals surface area contributed by atoms with Gasteiger partial charge in [-0.05, 0) is 0 Å². The molecule has 1 N–H and O–H groups in total. The highest BCUT2D eigenvalue weighted by Gasteiger charge is 2.32. The Morgan fingerprint density at radius 1 is 1.50 bits per heavy atom. The van der Waals surface area contributed by atoms with Crippen LogP contribution in [-0.4, -0.2) is 4.98 Å². The zero-order chi connectivity index (χ0) is 10.9. The topological polar surface area (TPSA) is 56.6 Å². The molecule has 1 aromatic heterocycles. The fourth-order valence-electron chi connectivity index (χ4n) is 0.807. The van der Waals surface area contributed by atoms with Crippen molar-refractivity contribution in [2.75, 3.05) is 0 Å². The Balaban J connectivity index is 3.45. The molecule has 0 fully saturated rings. The molecule has 0 atom stereocenters. The molecule has 1 rings (SSSR count). The van der Waals surface area contributed by atoms with Crippen molar-refractivity contribution in [1.29, 1.82) is 5.26 Å². The molecule has 0 aliphatic rings. The molecular weight excluding hydrogens is 217 g/mol. The summed E-state index contributed by atoms with van der Waals surface area (Å²) in [5, 5.41) is 8.01. The van der Waals surface area contributed by atoms with E-state index < -0.39 is 22.9 Å². The van der Waals surface area contributed by atoms with E-state index >= 15 is 0 Å². The minimum atomic E-state index is -4.65. The van der Waals surface area contributed by atoms with Crippen molar-refractivity contribution in [2.45, 2.75) is 11.2 Å². The van der Waals surface area contributed by atoms with Gasteiger partial charge in [-0.2, -0.15) is 18.4 Å². The van der Waals surface area contributed by atoms with Crippen molar-refractivity contribution in [3.05, 3.63) is 27.5 Å². The van der Waals surface area contributed by atoms with E-state index in [2.05, 4.69) is 12.6 Å². The van der Waals surface area contributed by atoms with E-state index in [4.69, 9.17) is 5.26 Å². The highest BCUT2D eigenvalue weighted by Crippen LogP contribution is 2.27. The zero-order valence-corrected chi connectivity index (χ0v) is 7.41. The Labute approximate surface area is 81.6 Å². The number of hydrogen-bond donors (Lipinski definition) is 2. The molecule has 14 heavy (non-hydrogen) atoms. The predicted molar refractivity (Wildman–Crippen MR) is 44.0 cm³/mol. The summed E-state index contributed by atoms with van der Waals surface area (Å²) in [6.07, 6.45) is -4.65. The van der Waals surface area contributed by atoms with Crippen LogP contribution < -0.4 is 5.43 Å². The van der Waals surface area contributed by atoms with E-state index in [0.717, 1.165) is 0 Å². The van der Waals surface area contributed by atoms with Crippen molar-refractivity contribution in [2.24, 2.45) is 0 Å². The van der Waals surface area contributed by atoms with E-state index in [-0.39, 0.29) is 5.03 Å². The summed E-state index contributed by atoms with van der Waals surface area (Å²) in [6.45, 7) is 0. The lowest BCUT2D eigenvalue weighted by atomic mass is 10.2. The van der Waals surface area contributed by atoms with Crippen molar-refractivity contribution >= 4 is 12.6 Å². The first-order valence-corrected chi connectivity index (χ1v) is 3.74. The molecule has 0 radical (unpaired) electrons. The van der Waals surface area contributed by atoms with Crippen LogP contribution in [0.5, 0.6) is 0 Å². The van der Waals surface area contributed by atoms with Crippen LogP contribution in [0.4, 0.5) is 13.2 Å². The molecule has 1 aromatic rings. The predicted octanol–water partition coefficient (Wildman–Crippen LogP) is 1.55. The average molecular weight is 220 g/mol. The van der Waals surface area contributed by atoms with Gasteiger partial charge in [-0.3, -0.25) is 4.79 Å². The number of nitrogens with one attached hydrogen (secondary N) is 1. The molecule has 0 saturated heterocycles. The Morgan fingerprint density at radius 3 is 2.43 bits per heavy atom. The number of aromatic nitrogens is 1. The molecule has 0 amide bonds. The highest BCUT2D eigenvalue weighted by atomic mass is 32.1. The number of hydrogen-bond acceptors (Lipinski definition) is 3. The molecule has 3 nitrogen and oxygen atoms in total. The normalized spacial score (nSPS) is 11.1. The number of alkyl halides is 3. The summed E-state index contributed by atoms with van der Waals surface area (Å²) in [7, 11) is 0. The Kier molecular flexibility index (Phi) is 2.57. The molecule has 0 saturated carbocycles.